The lowest BCUT2D eigenvalue weighted by Crippen LogP contribution is -2.47. The topological polar surface area (TPSA) is 56.7 Å². The van der Waals surface area contributed by atoms with E-state index in [0.717, 1.165) is 36.0 Å². The maximum atomic E-state index is 5.71. The smallest absolute Gasteiger partial charge is 0.0725 e. The first kappa shape index (κ1) is 12.8. The summed E-state index contributed by atoms with van der Waals surface area (Å²) in [5, 5.41) is 8.51. The van der Waals surface area contributed by atoms with Gasteiger partial charge < -0.3 is 5.73 Å². The van der Waals surface area contributed by atoms with Gasteiger partial charge in [0.05, 0.1) is 17.9 Å². The van der Waals surface area contributed by atoms with Gasteiger partial charge in [-0.3, -0.25) is 0 Å². The molecule has 0 aromatic carbocycles. The Morgan fingerprint density at radius 2 is 1.85 bits per heavy atom. The number of hydrogen-bond acceptors (Lipinski definition) is 3. The number of nitrogens with zero attached hydrogens (tertiary/aromatic N) is 3. The lowest BCUT2D eigenvalue weighted by molar-refractivity contribution is -0.0577. The van der Waals surface area contributed by atoms with Crippen molar-refractivity contribution in [3.05, 3.63) is 11.9 Å². The van der Waals surface area contributed by atoms with Gasteiger partial charge in [0.15, 0.2) is 0 Å². The molecule has 1 heterocycles. The molecule has 4 heteroatoms. The monoisotopic (exact) mass is 274 g/mol. The van der Waals surface area contributed by atoms with E-state index >= 15 is 0 Å². The van der Waals surface area contributed by atoms with E-state index in [0.29, 0.717) is 12.6 Å². The predicted octanol–water partition coefficient (Wildman–Crippen LogP) is 2.41. The Bertz CT molecular complexity index is 453. The maximum Gasteiger partial charge on any atom is 0.0725 e. The zero-order valence-corrected chi connectivity index (χ0v) is 12.4. The highest BCUT2D eigenvalue weighted by Crippen LogP contribution is 2.59. The first-order valence-electron chi connectivity index (χ1n) is 8.35. The summed E-state index contributed by atoms with van der Waals surface area (Å²) in [5.74, 6) is 4.79. The van der Waals surface area contributed by atoms with E-state index in [1.807, 2.05) is 6.20 Å². The summed E-state index contributed by atoms with van der Waals surface area (Å²) < 4.78 is 2.18. The van der Waals surface area contributed by atoms with Gasteiger partial charge in [0.25, 0.3) is 0 Å². The van der Waals surface area contributed by atoms with E-state index < -0.39 is 0 Å². The van der Waals surface area contributed by atoms with Crippen LogP contribution in [0.15, 0.2) is 6.20 Å². The van der Waals surface area contributed by atoms with Crippen molar-refractivity contribution in [2.45, 2.75) is 51.5 Å². The molecule has 4 aliphatic rings. The van der Waals surface area contributed by atoms with Crippen LogP contribution in [0.25, 0.3) is 0 Å². The van der Waals surface area contributed by atoms with Gasteiger partial charge in [-0.2, -0.15) is 0 Å². The second kappa shape index (κ2) is 4.83. The van der Waals surface area contributed by atoms with E-state index in [4.69, 9.17) is 5.73 Å². The Kier molecular flexibility index (Phi) is 3.09. The van der Waals surface area contributed by atoms with Crippen molar-refractivity contribution >= 4 is 0 Å². The van der Waals surface area contributed by atoms with Gasteiger partial charge in [-0.15, -0.1) is 5.10 Å². The largest absolute Gasteiger partial charge is 0.330 e. The Hall–Kier alpha value is -0.900. The highest BCUT2D eigenvalue weighted by molar-refractivity contribution is 5.03. The van der Waals surface area contributed by atoms with Crippen molar-refractivity contribution in [2.24, 2.45) is 35.3 Å². The number of nitrogens with two attached hydrogens (primary N) is 1. The quantitative estimate of drug-likeness (QED) is 0.917. The first-order chi connectivity index (χ1) is 9.76. The average molecular weight is 274 g/mol. The van der Waals surface area contributed by atoms with E-state index in [9.17, 15) is 0 Å². The van der Waals surface area contributed by atoms with Crippen LogP contribution in [-0.4, -0.2) is 21.5 Å². The third kappa shape index (κ3) is 1.92. The van der Waals surface area contributed by atoms with Crippen molar-refractivity contribution in [1.29, 1.82) is 0 Å². The summed E-state index contributed by atoms with van der Waals surface area (Å²) in [6.45, 7) is 3.05. The molecule has 110 valence electrons. The van der Waals surface area contributed by atoms with Crippen LogP contribution in [-0.2, 0) is 6.42 Å². The Morgan fingerprint density at radius 3 is 2.45 bits per heavy atom. The van der Waals surface area contributed by atoms with Crippen molar-refractivity contribution in [2.75, 3.05) is 6.54 Å². The molecule has 0 spiro atoms. The zero-order chi connectivity index (χ0) is 13.7. The molecular formula is C16H26N4. The Morgan fingerprint density at radius 1 is 1.20 bits per heavy atom. The fourth-order valence-electron chi connectivity index (χ4n) is 5.85. The Balaban J connectivity index is 1.59. The molecule has 4 aliphatic carbocycles. The van der Waals surface area contributed by atoms with Crippen LogP contribution in [0.4, 0.5) is 0 Å². The van der Waals surface area contributed by atoms with Crippen LogP contribution in [0.1, 0.15) is 50.8 Å². The van der Waals surface area contributed by atoms with Crippen LogP contribution in [0.3, 0.4) is 0 Å². The molecule has 1 atom stereocenters. The highest BCUT2D eigenvalue weighted by atomic mass is 15.4. The van der Waals surface area contributed by atoms with Crippen molar-refractivity contribution in [3.8, 4) is 0 Å². The third-order valence-electron chi connectivity index (χ3n) is 6.29. The maximum absolute atomic E-state index is 5.71. The predicted molar refractivity (Wildman–Crippen MR) is 78.0 cm³/mol. The second-order valence-corrected chi connectivity index (χ2v) is 7.46. The molecule has 1 unspecified atom stereocenters. The molecule has 4 saturated carbocycles. The lowest BCUT2D eigenvalue weighted by atomic mass is 9.50. The van der Waals surface area contributed by atoms with Crippen molar-refractivity contribution in [3.63, 3.8) is 0 Å². The summed E-state index contributed by atoms with van der Waals surface area (Å²) in [7, 11) is 0. The zero-order valence-electron chi connectivity index (χ0n) is 12.4. The minimum atomic E-state index is 0.494. The van der Waals surface area contributed by atoms with Crippen molar-refractivity contribution < 1.29 is 0 Å². The van der Waals surface area contributed by atoms with E-state index in [-0.39, 0.29) is 0 Å². The molecule has 5 rings (SSSR count). The molecule has 4 fully saturated rings. The number of hydrogen-bond donors (Lipinski definition) is 1. The molecule has 2 N–H and O–H groups in total. The standard InChI is InChI=1S/C16H26N4/c1-10(20-15(2-3-17)9-18-19-20)16-13-5-11-4-12(7-13)8-14(16)6-11/h9-14,16H,2-8,17H2,1H3. The highest BCUT2D eigenvalue weighted by Gasteiger charge is 2.50. The van der Waals surface area contributed by atoms with Gasteiger partial charge >= 0.3 is 0 Å². The lowest BCUT2D eigenvalue weighted by Gasteiger charge is -2.56. The third-order valence-corrected chi connectivity index (χ3v) is 6.29. The fourth-order valence-corrected chi connectivity index (χ4v) is 5.85. The SMILES string of the molecule is CC(C1C2CC3CC(C2)CC1C3)n1nncc1CCN. The molecule has 0 saturated heterocycles. The van der Waals surface area contributed by atoms with Gasteiger partial charge in [0.1, 0.15) is 0 Å². The molecule has 4 bridgehead atoms. The van der Waals surface area contributed by atoms with Crippen LogP contribution in [0, 0.1) is 29.6 Å². The van der Waals surface area contributed by atoms with Crippen LogP contribution in [0.2, 0.25) is 0 Å². The molecule has 1 aromatic heterocycles. The molecule has 0 radical (unpaired) electrons. The minimum absolute atomic E-state index is 0.494. The van der Waals surface area contributed by atoms with Crippen molar-refractivity contribution in [1.82, 2.24) is 15.0 Å². The summed E-state index contributed by atoms with van der Waals surface area (Å²) in [4.78, 5) is 0. The molecule has 20 heavy (non-hydrogen) atoms. The first-order valence-corrected chi connectivity index (χ1v) is 8.35. The Labute approximate surface area is 121 Å². The molecule has 4 nitrogen and oxygen atoms in total. The average Bonchev–Trinajstić information content (AvgIpc) is 2.86. The summed E-state index contributed by atoms with van der Waals surface area (Å²) in [6, 6.07) is 0.494. The molecule has 0 amide bonds. The van der Waals surface area contributed by atoms with E-state index in [1.54, 1.807) is 0 Å². The van der Waals surface area contributed by atoms with Crippen LogP contribution >= 0.6 is 0 Å². The minimum Gasteiger partial charge on any atom is -0.330 e. The van der Waals surface area contributed by atoms with Gasteiger partial charge in [-0.1, -0.05) is 5.21 Å². The van der Waals surface area contributed by atoms with Gasteiger partial charge in [-0.05, 0) is 75.2 Å². The molecule has 0 aliphatic heterocycles. The molecule has 1 aromatic rings. The summed E-state index contributed by atoms with van der Waals surface area (Å²) in [6.07, 6.45) is 10.2. The van der Waals surface area contributed by atoms with Gasteiger partial charge in [0.2, 0.25) is 0 Å². The van der Waals surface area contributed by atoms with E-state index in [1.165, 1.54) is 37.8 Å². The van der Waals surface area contributed by atoms with Crippen LogP contribution < -0.4 is 5.73 Å². The van der Waals surface area contributed by atoms with E-state index in [2.05, 4.69) is 21.9 Å². The fraction of sp³-hybridized carbons (Fsp3) is 0.875. The second-order valence-electron chi connectivity index (χ2n) is 7.46. The van der Waals surface area contributed by atoms with Gasteiger partial charge in [0, 0.05) is 6.42 Å². The summed E-state index contributed by atoms with van der Waals surface area (Å²) >= 11 is 0. The normalized spacial score (nSPS) is 40.2. The summed E-state index contributed by atoms with van der Waals surface area (Å²) in [5.41, 5.74) is 6.93. The van der Waals surface area contributed by atoms with Gasteiger partial charge in [-0.25, -0.2) is 4.68 Å². The number of rotatable bonds is 4. The number of aromatic nitrogens is 3. The van der Waals surface area contributed by atoms with Crippen LogP contribution in [0.5, 0.6) is 0 Å². The molecular weight excluding hydrogens is 248 g/mol.